The minimum absolute atomic E-state index is 0.322. The smallest absolute Gasteiger partial charge is 0.283 e. The summed E-state index contributed by atoms with van der Waals surface area (Å²) in [6, 6.07) is 17.4. The van der Waals surface area contributed by atoms with E-state index in [1.807, 2.05) is 54.0 Å². The summed E-state index contributed by atoms with van der Waals surface area (Å²) >= 11 is 0. The van der Waals surface area contributed by atoms with E-state index in [2.05, 4.69) is 47.2 Å². The van der Waals surface area contributed by atoms with E-state index >= 15 is 0 Å². The quantitative estimate of drug-likeness (QED) is 0.255. The molecule has 0 aliphatic rings. The summed E-state index contributed by atoms with van der Waals surface area (Å²) in [5.74, 6) is -0.704. The van der Waals surface area contributed by atoms with Gasteiger partial charge in [-0.3, -0.25) is 9.78 Å². The highest BCUT2D eigenvalue weighted by Crippen LogP contribution is 2.31. The van der Waals surface area contributed by atoms with E-state index in [4.69, 9.17) is 4.98 Å². The second kappa shape index (κ2) is 9.81. The molecule has 0 radical (unpaired) electrons. The van der Waals surface area contributed by atoms with Gasteiger partial charge in [0.15, 0.2) is 11.5 Å². The first-order valence-corrected chi connectivity index (χ1v) is 12.0. The third-order valence-corrected chi connectivity index (χ3v) is 6.25. The molecule has 0 unspecified atom stereocenters. The molecule has 0 bridgehead atoms. The number of nitrogens with zero attached hydrogens (tertiary/aromatic N) is 4. The number of amides is 1. The molecular weight excluding hydrogens is 467 g/mol. The van der Waals surface area contributed by atoms with E-state index in [0.717, 1.165) is 50.3 Å². The number of anilines is 2. The summed E-state index contributed by atoms with van der Waals surface area (Å²) in [4.78, 5) is 21.1. The van der Waals surface area contributed by atoms with E-state index in [1.54, 1.807) is 18.3 Å². The van der Waals surface area contributed by atoms with Crippen LogP contribution in [0.25, 0.3) is 27.7 Å². The molecule has 0 aliphatic heterocycles. The number of aromatic nitrogens is 4. The lowest BCUT2D eigenvalue weighted by Gasteiger charge is -2.14. The summed E-state index contributed by atoms with van der Waals surface area (Å²) in [6.45, 7) is 9.85. The molecule has 37 heavy (non-hydrogen) atoms. The first-order chi connectivity index (χ1) is 17.8. The lowest BCUT2D eigenvalue weighted by Crippen LogP contribution is -2.11. The number of carbonyl (C=O) groups excluding carboxylic acids is 1. The monoisotopic (exact) mass is 494 g/mol. The second-order valence-electron chi connectivity index (χ2n) is 9.24. The standard InChI is InChI=1S/C29H27FN6O/c1-17(2)25-16-33-36-26(13-18(3)34-28(25)36)32-15-21-7-5-6-8-23(21)27-24-10-9-22(35-29(37)19(4)30)14-20(24)11-12-31-27/h5-14,16-17,32H,4,15H2,1-3H3,(H,35,37). The minimum atomic E-state index is -1.03. The van der Waals surface area contributed by atoms with E-state index < -0.39 is 11.7 Å². The Morgan fingerprint density at radius 2 is 1.95 bits per heavy atom. The lowest BCUT2D eigenvalue weighted by molar-refractivity contribution is -0.114. The molecule has 0 saturated carbocycles. The number of hydrogen-bond acceptors (Lipinski definition) is 5. The maximum Gasteiger partial charge on any atom is 0.283 e. The molecule has 0 atom stereocenters. The van der Waals surface area contributed by atoms with Crippen LogP contribution in [0.1, 0.15) is 36.6 Å². The van der Waals surface area contributed by atoms with Crippen LogP contribution in [0.4, 0.5) is 15.9 Å². The third-order valence-electron chi connectivity index (χ3n) is 6.25. The van der Waals surface area contributed by atoms with Crippen molar-refractivity contribution in [3.05, 3.63) is 96.2 Å². The highest BCUT2D eigenvalue weighted by atomic mass is 19.1. The van der Waals surface area contributed by atoms with E-state index in [9.17, 15) is 9.18 Å². The lowest BCUT2D eigenvalue weighted by atomic mass is 9.99. The van der Waals surface area contributed by atoms with Gasteiger partial charge in [0.2, 0.25) is 0 Å². The van der Waals surface area contributed by atoms with Crippen LogP contribution in [0.15, 0.2) is 79.4 Å². The normalized spacial score (nSPS) is 11.3. The Morgan fingerprint density at radius 3 is 2.73 bits per heavy atom. The summed E-state index contributed by atoms with van der Waals surface area (Å²) < 4.78 is 15.0. The van der Waals surface area contributed by atoms with Crippen LogP contribution < -0.4 is 10.6 Å². The van der Waals surface area contributed by atoms with Gasteiger partial charge in [-0.2, -0.15) is 9.61 Å². The molecule has 8 heteroatoms. The number of halogens is 1. The predicted octanol–water partition coefficient (Wildman–Crippen LogP) is 6.41. The van der Waals surface area contributed by atoms with E-state index in [-0.39, 0.29) is 0 Å². The average Bonchev–Trinajstić information content (AvgIpc) is 3.31. The molecule has 3 aromatic heterocycles. The van der Waals surface area contributed by atoms with Crippen molar-refractivity contribution in [2.75, 3.05) is 10.6 Å². The van der Waals surface area contributed by atoms with Crippen molar-refractivity contribution in [2.24, 2.45) is 0 Å². The molecular formula is C29H27FN6O. The second-order valence-corrected chi connectivity index (χ2v) is 9.24. The number of pyridine rings is 1. The van der Waals surface area contributed by atoms with Crippen LogP contribution in [0, 0.1) is 6.92 Å². The Balaban J connectivity index is 1.48. The maximum atomic E-state index is 13.1. The van der Waals surface area contributed by atoms with Gasteiger partial charge in [-0.25, -0.2) is 9.37 Å². The zero-order valence-electron chi connectivity index (χ0n) is 20.9. The highest BCUT2D eigenvalue weighted by Gasteiger charge is 2.15. The SMILES string of the molecule is C=C(F)C(=O)Nc1ccc2c(-c3ccccc3CNc3cc(C)nc4c(C(C)C)cnn34)nccc2c1. The van der Waals surface area contributed by atoms with Crippen molar-refractivity contribution in [3.63, 3.8) is 0 Å². The molecule has 0 fully saturated rings. The molecule has 7 nitrogen and oxygen atoms in total. The Hall–Kier alpha value is -4.59. The summed E-state index contributed by atoms with van der Waals surface area (Å²) in [5, 5.41) is 12.4. The van der Waals surface area contributed by atoms with Crippen LogP contribution in [-0.2, 0) is 11.3 Å². The Bertz CT molecular complexity index is 1660. The fourth-order valence-electron chi connectivity index (χ4n) is 4.39. The molecule has 3 heterocycles. The number of rotatable bonds is 7. The van der Waals surface area contributed by atoms with Crippen molar-refractivity contribution < 1.29 is 9.18 Å². The van der Waals surface area contributed by atoms with Gasteiger partial charge in [-0.05, 0) is 42.0 Å². The Kier molecular flexibility index (Phi) is 6.40. The summed E-state index contributed by atoms with van der Waals surface area (Å²) in [7, 11) is 0. The molecule has 0 spiro atoms. The number of hydrogen-bond donors (Lipinski definition) is 2. The predicted molar refractivity (Wildman–Crippen MR) is 145 cm³/mol. The van der Waals surface area contributed by atoms with Crippen molar-refractivity contribution in [3.8, 4) is 11.3 Å². The van der Waals surface area contributed by atoms with Gasteiger partial charge in [0.1, 0.15) is 5.82 Å². The van der Waals surface area contributed by atoms with Crippen molar-refractivity contribution >= 4 is 33.8 Å². The zero-order chi connectivity index (χ0) is 26.1. The number of carbonyl (C=O) groups is 1. The van der Waals surface area contributed by atoms with Crippen molar-refractivity contribution in [2.45, 2.75) is 33.2 Å². The highest BCUT2D eigenvalue weighted by molar-refractivity contribution is 6.04. The largest absolute Gasteiger partial charge is 0.366 e. The van der Waals surface area contributed by atoms with Gasteiger partial charge in [-0.15, -0.1) is 0 Å². The first-order valence-electron chi connectivity index (χ1n) is 12.0. The summed E-state index contributed by atoms with van der Waals surface area (Å²) in [6.07, 6.45) is 3.61. The van der Waals surface area contributed by atoms with Gasteiger partial charge < -0.3 is 10.6 Å². The number of nitrogens with one attached hydrogen (secondary N) is 2. The maximum absolute atomic E-state index is 13.1. The fraction of sp³-hybridized carbons (Fsp3) is 0.172. The third kappa shape index (κ3) is 4.78. The fourth-order valence-corrected chi connectivity index (χ4v) is 4.39. The zero-order valence-corrected chi connectivity index (χ0v) is 20.9. The summed E-state index contributed by atoms with van der Waals surface area (Å²) in [5.41, 5.74) is 6.24. The van der Waals surface area contributed by atoms with Crippen molar-refractivity contribution in [1.82, 2.24) is 19.6 Å². The van der Waals surface area contributed by atoms with Gasteiger partial charge in [0, 0.05) is 46.7 Å². The van der Waals surface area contributed by atoms with Crippen LogP contribution in [0.3, 0.4) is 0 Å². The first kappa shape index (κ1) is 24.1. The molecule has 1 amide bonds. The van der Waals surface area contributed by atoms with Crippen LogP contribution >= 0.6 is 0 Å². The molecule has 0 saturated heterocycles. The van der Waals surface area contributed by atoms with Crippen LogP contribution in [0.5, 0.6) is 0 Å². The van der Waals surface area contributed by atoms with Crippen LogP contribution in [0.2, 0.25) is 0 Å². The molecule has 186 valence electrons. The van der Waals surface area contributed by atoms with Gasteiger partial charge >= 0.3 is 0 Å². The van der Waals surface area contributed by atoms with Crippen LogP contribution in [-0.4, -0.2) is 25.5 Å². The topological polar surface area (TPSA) is 84.2 Å². The molecule has 5 rings (SSSR count). The number of benzene rings is 2. The number of fused-ring (bicyclic) bond motifs is 2. The Morgan fingerprint density at radius 1 is 1.14 bits per heavy atom. The van der Waals surface area contributed by atoms with Gasteiger partial charge in [0.25, 0.3) is 5.91 Å². The number of aryl methyl sites for hydroxylation is 1. The van der Waals surface area contributed by atoms with E-state index in [0.29, 0.717) is 18.2 Å². The van der Waals surface area contributed by atoms with Crippen molar-refractivity contribution in [1.29, 1.82) is 0 Å². The van der Waals surface area contributed by atoms with Gasteiger partial charge in [0.05, 0.1) is 11.9 Å². The molecule has 5 aromatic rings. The van der Waals surface area contributed by atoms with E-state index in [1.165, 1.54) is 0 Å². The molecule has 2 N–H and O–H groups in total. The average molecular weight is 495 g/mol. The Labute approximate surface area is 214 Å². The molecule has 0 aliphatic carbocycles. The molecule has 2 aromatic carbocycles. The minimum Gasteiger partial charge on any atom is -0.366 e. The van der Waals surface area contributed by atoms with Gasteiger partial charge in [-0.1, -0.05) is 50.8 Å².